The highest BCUT2D eigenvalue weighted by atomic mass is 16.5. The van der Waals surface area contributed by atoms with Gasteiger partial charge in [-0.25, -0.2) is 0 Å². The Bertz CT molecular complexity index is 512. The van der Waals surface area contributed by atoms with Gasteiger partial charge in [0.15, 0.2) is 0 Å². The Morgan fingerprint density at radius 2 is 1.63 bits per heavy atom. The van der Waals surface area contributed by atoms with Crippen LogP contribution in [-0.4, -0.2) is 12.7 Å². The molecule has 156 valence electrons. The van der Waals surface area contributed by atoms with Crippen molar-refractivity contribution >= 4 is 0 Å². The molecule has 0 aromatic heterocycles. The lowest BCUT2D eigenvalue weighted by Crippen LogP contribution is -2.56. The summed E-state index contributed by atoms with van der Waals surface area (Å²) in [4.78, 5) is 0. The predicted molar refractivity (Wildman–Crippen MR) is 115 cm³/mol. The van der Waals surface area contributed by atoms with Gasteiger partial charge in [-0.05, 0) is 97.7 Å². The molecule has 1 saturated heterocycles. The fourth-order valence-corrected chi connectivity index (χ4v) is 8.74. The fourth-order valence-electron chi connectivity index (χ4n) is 8.74. The van der Waals surface area contributed by atoms with Gasteiger partial charge in [0.2, 0.25) is 0 Å². The molecule has 1 heteroatoms. The van der Waals surface area contributed by atoms with Crippen LogP contribution in [0.2, 0.25) is 0 Å². The maximum absolute atomic E-state index is 6.29. The van der Waals surface area contributed by atoms with Crippen molar-refractivity contribution in [3.05, 3.63) is 0 Å². The first-order valence-electron chi connectivity index (χ1n) is 12.5. The maximum atomic E-state index is 6.29. The van der Waals surface area contributed by atoms with Gasteiger partial charge in [0.25, 0.3) is 0 Å². The normalized spacial score (nSPS) is 48.0. The average Bonchev–Trinajstić information content (AvgIpc) is 2.98. The molecule has 0 unspecified atom stereocenters. The van der Waals surface area contributed by atoms with E-state index in [-0.39, 0.29) is 0 Å². The second kappa shape index (κ2) is 7.66. The lowest BCUT2D eigenvalue weighted by molar-refractivity contribution is -0.175. The SMILES string of the molecule is CC(C)CCC[C@@H](C)[C@H]1CC[C@H]2[C@@H]3CC[C@H]4OCCC[C@]4(C)[C@H]3CC[C@]12C. The summed E-state index contributed by atoms with van der Waals surface area (Å²) in [6.45, 7) is 13.7. The van der Waals surface area contributed by atoms with E-state index in [4.69, 9.17) is 4.74 Å². The maximum Gasteiger partial charge on any atom is 0.0631 e. The summed E-state index contributed by atoms with van der Waals surface area (Å²) in [5, 5.41) is 0. The molecular weight excluding hydrogens is 328 g/mol. The largest absolute Gasteiger partial charge is 0.378 e. The van der Waals surface area contributed by atoms with E-state index in [0.717, 1.165) is 42.1 Å². The van der Waals surface area contributed by atoms with E-state index in [0.29, 0.717) is 16.9 Å². The predicted octanol–water partition coefficient (Wildman–Crippen LogP) is 7.49. The quantitative estimate of drug-likeness (QED) is 0.484. The monoisotopic (exact) mass is 374 g/mol. The fraction of sp³-hybridized carbons (Fsp3) is 1.00. The van der Waals surface area contributed by atoms with Crippen LogP contribution in [0.15, 0.2) is 0 Å². The molecule has 1 heterocycles. The van der Waals surface area contributed by atoms with Gasteiger partial charge in [-0.2, -0.15) is 0 Å². The van der Waals surface area contributed by atoms with Gasteiger partial charge >= 0.3 is 0 Å². The van der Waals surface area contributed by atoms with Crippen molar-refractivity contribution in [2.24, 2.45) is 46.3 Å². The number of rotatable bonds is 5. The minimum Gasteiger partial charge on any atom is -0.378 e. The van der Waals surface area contributed by atoms with E-state index in [2.05, 4.69) is 34.6 Å². The highest BCUT2D eigenvalue weighted by Crippen LogP contribution is 2.67. The van der Waals surface area contributed by atoms with Crippen LogP contribution in [0.3, 0.4) is 0 Å². The molecule has 3 aliphatic carbocycles. The minimum atomic E-state index is 0.490. The molecule has 4 fully saturated rings. The Morgan fingerprint density at radius 3 is 2.41 bits per heavy atom. The standard InChI is InChI=1S/C26H46O/c1-18(2)8-6-9-19(3)21-11-12-22-20-10-13-24-26(5,15-7-17-27-24)23(20)14-16-25(21,22)4/h18-24H,6-17H2,1-5H3/t19-,20+,21-,22+,23+,24-,25-,26-/m1/s1. The van der Waals surface area contributed by atoms with Crippen LogP contribution in [0, 0.1) is 46.3 Å². The summed E-state index contributed by atoms with van der Waals surface area (Å²) >= 11 is 0. The highest BCUT2D eigenvalue weighted by molar-refractivity contribution is 5.09. The van der Waals surface area contributed by atoms with Gasteiger partial charge in [-0.1, -0.05) is 53.9 Å². The first-order valence-corrected chi connectivity index (χ1v) is 12.5. The Hall–Kier alpha value is -0.0400. The summed E-state index contributed by atoms with van der Waals surface area (Å²) in [6, 6.07) is 0. The number of ether oxygens (including phenoxy) is 1. The van der Waals surface area contributed by atoms with Crippen molar-refractivity contribution in [1.82, 2.24) is 0 Å². The van der Waals surface area contributed by atoms with Gasteiger partial charge < -0.3 is 4.74 Å². The zero-order valence-corrected chi connectivity index (χ0v) is 18.9. The van der Waals surface area contributed by atoms with Crippen LogP contribution >= 0.6 is 0 Å². The Morgan fingerprint density at radius 1 is 0.852 bits per heavy atom. The number of fused-ring (bicyclic) bond motifs is 5. The van der Waals surface area contributed by atoms with E-state index in [1.165, 1.54) is 70.6 Å². The molecule has 1 aliphatic heterocycles. The molecule has 27 heavy (non-hydrogen) atoms. The van der Waals surface area contributed by atoms with Gasteiger partial charge in [0.05, 0.1) is 6.10 Å². The van der Waals surface area contributed by atoms with Crippen LogP contribution in [0.4, 0.5) is 0 Å². The highest BCUT2D eigenvalue weighted by Gasteiger charge is 2.60. The molecule has 0 aromatic carbocycles. The van der Waals surface area contributed by atoms with E-state index in [9.17, 15) is 0 Å². The molecule has 0 aromatic rings. The molecule has 8 atom stereocenters. The smallest absolute Gasteiger partial charge is 0.0631 e. The van der Waals surface area contributed by atoms with E-state index in [1.807, 2.05) is 0 Å². The lowest BCUT2D eigenvalue weighted by atomic mass is 9.47. The van der Waals surface area contributed by atoms with Crippen LogP contribution in [0.1, 0.15) is 105 Å². The van der Waals surface area contributed by atoms with E-state index >= 15 is 0 Å². The topological polar surface area (TPSA) is 9.23 Å². The minimum absolute atomic E-state index is 0.490. The van der Waals surface area contributed by atoms with Crippen molar-refractivity contribution in [2.75, 3.05) is 6.61 Å². The molecule has 0 N–H and O–H groups in total. The van der Waals surface area contributed by atoms with E-state index in [1.54, 1.807) is 0 Å². The van der Waals surface area contributed by atoms with Gasteiger partial charge in [-0.3, -0.25) is 0 Å². The van der Waals surface area contributed by atoms with Gasteiger partial charge in [-0.15, -0.1) is 0 Å². The third-order valence-corrected chi connectivity index (χ3v) is 10.2. The summed E-state index contributed by atoms with van der Waals surface area (Å²) < 4.78 is 6.29. The third kappa shape index (κ3) is 3.43. The molecule has 1 nitrogen and oxygen atoms in total. The molecule has 0 spiro atoms. The zero-order valence-electron chi connectivity index (χ0n) is 18.9. The van der Waals surface area contributed by atoms with Crippen molar-refractivity contribution in [3.63, 3.8) is 0 Å². The third-order valence-electron chi connectivity index (χ3n) is 10.2. The zero-order chi connectivity index (χ0) is 19.2. The first kappa shape index (κ1) is 20.2. The van der Waals surface area contributed by atoms with Crippen molar-refractivity contribution in [3.8, 4) is 0 Å². The second-order valence-electron chi connectivity index (χ2n) is 12.0. The molecule has 0 bridgehead atoms. The van der Waals surface area contributed by atoms with Crippen LogP contribution in [-0.2, 0) is 4.74 Å². The number of hydrogen-bond donors (Lipinski definition) is 0. The Labute approximate surface area is 169 Å². The van der Waals surface area contributed by atoms with Gasteiger partial charge in [0, 0.05) is 6.61 Å². The van der Waals surface area contributed by atoms with Crippen LogP contribution in [0.5, 0.6) is 0 Å². The Balaban J connectivity index is 1.46. The molecule has 0 radical (unpaired) electrons. The van der Waals surface area contributed by atoms with E-state index < -0.39 is 0 Å². The lowest BCUT2D eigenvalue weighted by Gasteiger charge is -2.60. The molecule has 3 saturated carbocycles. The number of hydrogen-bond acceptors (Lipinski definition) is 1. The van der Waals surface area contributed by atoms with Crippen LogP contribution in [0.25, 0.3) is 0 Å². The second-order valence-corrected chi connectivity index (χ2v) is 12.0. The molecule has 0 amide bonds. The first-order chi connectivity index (χ1) is 12.9. The molecule has 4 aliphatic rings. The van der Waals surface area contributed by atoms with Crippen molar-refractivity contribution < 1.29 is 4.74 Å². The molecule has 4 rings (SSSR count). The summed E-state index contributed by atoms with van der Waals surface area (Å²) in [5.41, 5.74) is 1.13. The van der Waals surface area contributed by atoms with Crippen LogP contribution < -0.4 is 0 Å². The summed E-state index contributed by atoms with van der Waals surface area (Å²) in [7, 11) is 0. The van der Waals surface area contributed by atoms with Gasteiger partial charge in [0.1, 0.15) is 0 Å². The average molecular weight is 375 g/mol. The summed E-state index contributed by atoms with van der Waals surface area (Å²) in [5.74, 6) is 5.75. The molecular formula is C26H46O. The van der Waals surface area contributed by atoms with Crippen molar-refractivity contribution in [1.29, 1.82) is 0 Å². The Kier molecular flexibility index (Phi) is 5.74. The van der Waals surface area contributed by atoms with Crippen molar-refractivity contribution in [2.45, 2.75) is 111 Å². The summed E-state index contributed by atoms with van der Waals surface area (Å²) in [6.07, 6.45) is 16.5.